The van der Waals surface area contributed by atoms with E-state index in [-0.39, 0.29) is 17.9 Å². The van der Waals surface area contributed by atoms with Gasteiger partial charge in [0.1, 0.15) is 11.5 Å². The van der Waals surface area contributed by atoms with Crippen LogP contribution in [0.4, 0.5) is 0 Å². The number of carbonyl (C=O) groups excluding carboxylic acids is 1. The Kier molecular flexibility index (Phi) is 4.72. The lowest BCUT2D eigenvalue weighted by atomic mass is 9.66. The first-order chi connectivity index (χ1) is 11.5. The van der Waals surface area contributed by atoms with Gasteiger partial charge in [-0.2, -0.15) is 0 Å². The van der Waals surface area contributed by atoms with Crippen molar-refractivity contribution in [3.63, 3.8) is 0 Å². The van der Waals surface area contributed by atoms with E-state index in [1.165, 1.54) is 0 Å². The van der Waals surface area contributed by atoms with Crippen molar-refractivity contribution in [1.82, 2.24) is 4.90 Å². The average molecular weight is 333 g/mol. The summed E-state index contributed by atoms with van der Waals surface area (Å²) in [6.07, 6.45) is 4.52. The number of carbonyl (C=O) groups is 1. The molecule has 1 amide bonds. The number of ether oxygens (including phenoxy) is 2. The van der Waals surface area contributed by atoms with Crippen LogP contribution in [0.15, 0.2) is 18.2 Å². The maximum atomic E-state index is 12.3. The molecule has 2 aliphatic rings. The van der Waals surface area contributed by atoms with Crippen LogP contribution in [-0.4, -0.2) is 42.3 Å². The van der Waals surface area contributed by atoms with E-state index >= 15 is 0 Å². The molecule has 3 rings (SSSR count). The number of fused-ring (bicyclic) bond motifs is 1. The second-order valence-corrected chi connectivity index (χ2v) is 6.97. The van der Waals surface area contributed by atoms with E-state index in [2.05, 4.69) is 0 Å². The maximum absolute atomic E-state index is 12.3. The minimum Gasteiger partial charge on any atom is -0.497 e. The summed E-state index contributed by atoms with van der Waals surface area (Å²) in [6.45, 7) is 2.18. The topological polar surface area (TPSA) is 59.0 Å². The number of rotatable bonds is 3. The Labute approximate surface area is 143 Å². The van der Waals surface area contributed by atoms with Gasteiger partial charge in [-0.25, -0.2) is 0 Å². The van der Waals surface area contributed by atoms with Gasteiger partial charge in [-0.05, 0) is 37.5 Å². The molecule has 0 bridgehead atoms. The van der Waals surface area contributed by atoms with Crippen molar-refractivity contribution in [1.29, 1.82) is 0 Å². The van der Waals surface area contributed by atoms with E-state index in [9.17, 15) is 9.90 Å². The highest BCUT2D eigenvalue weighted by molar-refractivity contribution is 5.74. The zero-order valence-electron chi connectivity index (χ0n) is 14.7. The van der Waals surface area contributed by atoms with Gasteiger partial charge in [0, 0.05) is 24.9 Å². The quantitative estimate of drug-likeness (QED) is 0.924. The largest absolute Gasteiger partial charge is 0.497 e. The highest BCUT2D eigenvalue weighted by Gasteiger charge is 2.50. The highest BCUT2D eigenvalue weighted by atomic mass is 16.5. The second-order valence-electron chi connectivity index (χ2n) is 6.97. The minimum absolute atomic E-state index is 0.0323. The molecular formula is C19H27NO4. The Bertz CT molecular complexity index is 617. The predicted octanol–water partition coefficient (Wildman–Crippen LogP) is 2.92. The van der Waals surface area contributed by atoms with Crippen LogP contribution in [0.25, 0.3) is 0 Å². The number of nitrogens with zero attached hydrogens (tertiary/aromatic N) is 1. The monoisotopic (exact) mass is 333 g/mol. The van der Waals surface area contributed by atoms with E-state index in [4.69, 9.17) is 9.47 Å². The number of hydrogen-bond donors (Lipinski definition) is 1. The SMILES string of the molecule is COc1ccc(OC)c([C@H]2[C@H]3CCCC[C@]3(O)CCN2C(C)=O)c1. The van der Waals surface area contributed by atoms with Crippen LogP contribution in [0.5, 0.6) is 11.5 Å². The number of amides is 1. The molecule has 132 valence electrons. The van der Waals surface area contributed by atoms with Crippen molar-refractivity contribution in [3.8, 4) is 11.5 Å². The first-order valence-electron chi connectivity index (χ1n) is 8.71. The summed E-state index contributed by atoms with van der Waals surface area (Å²) >= 11 is 0. The first kappa shape index (κ1) is 17.1. The molecule has 1 N–H and O–H groups in total. The van der Waals surface area contributed by atoms with Gasteiger partial charge in [0.25, 0.3) is 0 Å². The minimum atomic E-state index is -0.692. The van der Waals surface area contributed by atoms with Crippen LogP contribution in [0, 0.1) is 5.92 Å². The average Bonchev–Trinajstić information content (AvgIpc) is 2.59. The zero-order chi connectivity index (χ0) is 17.3. The second kappa shape index (κ2) is 6.63. The van der Waals surface area contributed by atoms with Crippen LogP contribution in [0.1, 0.15) is 50.6 Å². The molecule has 1 heterocycles. The third-order valence-corrected chi connectivity index (χ3v) is 5.73. The van der Waals surface area contributed by atoms with E-state index in [0.717, 1.165) is 42.7 Å². The van der Waals surface area contributed by atoms with Gasteiger partial charge in [-0.15, -0.1) is 0 Å². The van der Waals surface area contributed by atoms with Crippen LogP contribution >= 0.6 is 0 Å². The van der Waals surface area contributed by atoms with Crippen molar-refractivity contribution < 1.29 is 19.4 Å². The van der Waals surface area contributed by atoms with Crippen LogP contribution in [0.3, 0.4) is 0 Å². The summed E-state index contributed by atoms with van der Waals surface area (Å²) < 4.78 is 10.9. The van der Waals surface area contributed by atoms with Gasteiger partial charge in [0.05, 0.1) is 25.9 Å². The Morgan fingerprint density at radius 2 is 2.04 bits per heavy atom. The van der Waals surface area contributed by atoms with Crippen molar-refractivity contribution in [2.75, 3.05) is 20.8 Å². The predicted molar refractivity (Wildman–Crippen MR) is 91.2 cm³/mol. The number of hydrogen-bond acceptors (Lipinski definition) is 4. The van der Waals surface area contributed by atoms with Crippen molar-refractivity contribution in [3.05, 3.63) is 23.8 Å². The summed E-state index contributed by atoms with van der Waals surface area (Å²) in [7, 11) is 3.27. The number of likely N-dealkylation sites (tertiary alicyclic amines) is 1. The van der Waals surface area contributed by atoms with Crippen molar-refractivity contribution >= 4 is 5.91 Å². The molecule has 1 aromatic carbocycles. The Morgan fingerprint density at radius 1 is 1.25 bits per heavy atom. The summed E-state index contributed by atoms with van der Waals surface area (Å²) in [4.78, 5) is 14.2. The first-order valence-corrected chi connectivity index (χ1v) is 8.71. The molecule has 0 unspecified atom stereocenters. The lowest BCUT2D eigenvalue weighted by Gasteiger charge is -2.52. The molecule has 0 spiro atoms. The molecule has 1 saturated heterocycles. The van der Waals surface area contributed by atoms with E-state index < -0.39 is 5.60 Å². The van der Waals surface area contributed by atoms with Gasteiger partial charge in [-0.1, -0.05) is 12.8 Å². The Morgan fingerprint density at radius 3 is 2.71 bits per heavy atom. The zero-order valence-corrected chi connectivity index (χ0v) is 14.7. The molecule has 1 aliphatic carbocycles. The third-order valence-electron chi connectivity index (χ3n) is 5.73. The van der Waals surface area contributed by atoms with E-state index in [1.807, 2.05) is 23.1 Å². The standard InChI is InChI=1S/C19H27NO4/c1-13(21)20-11-10-19(22)9-5-4-6-16(19)18(20)15-12-14(23-2)7-8-17(15)24-3/h7-8,12,16,18,22H,4-6,9-11H2,1-3H3/t16-,18+,19+/m1/s1. The summed E-state index contributed by atoms with van der Waals surface area (Å²) in [6, 6.07) is 5.51. The molecular weight excluding hydrogens is 306 g/mol. The van der Waals surface area contributed by atoms with Gasteiger partial charge in [-0.3, -0.25) is 4.79 Å². The molecule has 0 radical (unpaired) electrons. The van der Waals surface area contributed by atoms with E-state index in [1.54, 1.807) is 21.1 Å². The number of aliphatic hydroxyl groups is 1. The molecule has 1 aliphatic heterocycles. The fourth-order valence-electron chi connectivity index (χ4n) is 4.49. The molecule has 0 aromatic heterocycles. The molecule has 2 fully saturated rings. The third kappa shape index (κ3) is 2.86. The van der Waals surface area contributed by atoms with Crippen LogP contribution in [-0.2, 0) is 4.79 Å². The Hall–Kier alpha value is -1.75. The van der Waals surface area contributed by atoms with Gasteiger partial charge in [0.2, 0.25) is 5.91 Å². The number of benzene rings is 1. The lowest BCUT2D eigenvalue weighted by molar-refractivity contribution is -0.153. The van der Waals surface area contributed by atoms with Gasteiger partial charge < -0.3 is 19.5 Å². The summed E-state index contributed by atoms with van der Waals surface area (Å²) in [5.74, 6) is 1.54. The fourth-order valence-corrected chi connectivity index (χ4v) is 4.49. The molecule has 5 nitrogen and oxygen atoms in total. The Balaban J connectivity index is 2.10. The van der Waals surface area contributed by atoms with Gasteiger partial charge >= 0.3 is 0 Å². The summed E-state index contributed by atoms with van der Waals surface area (Å²) in [5, 5.41) is 11.2. The van der Waals surface area contributed by atoms with Crippen molar-refractivity contribution in [2.45, 2.75) is 50.7 Å². The number of methoxy groups -OCH3 is 2. The molecule has 1 saturated carbocycles. The van der Waals surface area contributed by atoms with Gasteiger partial charge in [0.15, 0.2) is 0 Å². The lowest BCUT2D eigenvalue weighted by Crippen LogP contribution is -2.55. The molecule has 5 heteroatoms. The normalized spacial score (nSPS) is 29.8. The molecule has 3 atom stereocenters. The van der Waals surface area contributed by atoms with Crippen LogP contribution < -0.4 is 9.47 Å². The fraction of sp³-hybridized carbons (Fsp3) is 0.632. The number of piperidine rings is 1. The molecule has 1 aromatic rings. The maximum Gasteiger partial charge on any atom is 0.219 e. The smallest absolute Gasteiger partial charge is 0.219 e. The molecule has 24 heavy (non-hydrogen) atoms. The van der Waals surface area contributed by atoms with E-state index in [0.29, 0.717) is 13.0 Å². The highest BCUT2D eigenvalue weighted by Crippen LogP contribution is 2.51. The summed E-state index contributed by atoms with van der Waals surface area (Å²) in [5.41, 5.74) is 0.236. The van der Waals surface area contributed by atoms with Crippen LogP contribution in [0.2, 0.25) is 0 Å². The van der Waals surface area contributed by atoms with Crippen molar-refractivity contribution in [2.24, 2.45) is 5.92 Å².